The molecule has 2 aromatic carbocycles. The average Bonchev–Trinajstić information content (AvgIpc) is 2.66. The SMILES string of the molecule is COc1ccc(C(Cc2ccc(F)cc2)NC(=O)N(C)CCC(F)(F)F)cc1. The first-order valence-corrected chi connectivity index (χ1v) is 8.64. The summed E-state index contributed by atoms with van der Waals surface area (Å²) in [4.78, 5) is 13.4. The number of nitrogens with zero attached hydrogens (tertiary/aromatic N) is 1. The van der Waals surface area contributed by atoms with Crippen LogP contribution in [0.15, 0.2) is 48.5 Å². The van der Waals surface area contributed by atoms with Gasteiger partial charge in [-0.25, -0.2) is 9.18 Å². The smallest absolute Gasteiger partial charge is 0.390 e. The van der Waals surface area contributed by atoms with Gasteiger partial charge in [0.25, 0.3) is 0 Å². The molecule has 1 atom stereocenters. The topological polar surface area (TPSA) is 41.6 Å². The monoisotopic (exact) mass is 398 g/mol. The predicted molar refractivity (Wildman–Crippen MR) is 97.7 cm³/mol. The third-order valence-electron chi connectivity index (χ3n) is 4.25. The molecule has 0 bridgehead atoms. The number of hydrogen-bond acceptors (Lipinski definition) is 2. The van der Waals surface area contributed by atoms with E-state index in [9.17, 15) is 22.4 Å². The second-order valence-corrected chi connectivity index (χ2v) is 6.39. The molecule has 0 aliphatic carbocycles. The normalized spacial score (nSPS) is 12.4. The maximum Gasteiger partial charge on any atom is 0.390 e. The van der Waals surface area contributed by atoms with Crippen molar-refractivity contribution < 1.29 is 27.1 Å². The number of halogens is 4. The van der Waals surface area contributed by atoms with Crippen molar-refractivity contribution >= 4 is 6.03 Å². The van der Waals surface area contributed by atoms with Crippen molar-refractivity contribution in [3.8, 4) is 5.75 Å². The fourth-order valence-corrected chi connectivity index (χ4v) is 2.60. The lowest BCUT2D eigenvalue weighted by atomic mass is 9.98. The first-order chi connectivity index (χ1) is 13.2. The lowest BCUT2D eigenvalue weighted by Gasteiger charge is -2.24. The van der Waals surface area contributed by atoms with E-state index < -0.39 is 31.2 Å². The van der Waals surface area contributed by atoms with E-state index in [1.54, 1.807) is 36.4 Å². The maximum atomic E-state index is 13.1. The van der Waals surface area contributed by atoms with Crippen LogP contribution in [0.5, 0.6) is 5.75 Å². The highest BCUT2D eigenvalue weighted by Gasteiger charge is 2.28. The molecule has 0 fully saturated rings. The highest BCUT2D eigenvalue weighted by atomic mass is 19.4. The third kappa shape index (κ3) is 6.75. The number of nitrogens with one attached hydrogen (secondary N) is 1. The van der Waals surface area contributed by atoms with Gasteiger partial charge < -0.3 is 15.0 Å². The summed E-state index contributed by atoms with van der Waals surface area (Å²) in [6, 6.07) is 11.7. The molecule has 1 unspecified atom stereocenters. The Morgan fingerprint density at radius 2 is 1.71 bits per heavy atom. The molecule has 0 radical (unpaired) electrons. The highest BCUT2D eigenvalue weighted by Crippen LogP contribution is 2.23. The van der Waals surface area contributed by atoms with Gasteiger partial charge in [0.1, 0.15) is 11.6 Å². The summed E-state index contributed by atoms with van der Waals surface area (Å²) >= 11 is 0. The minimum absolute atomic E-state index is 0.353. The van der Waals surface area contributed by atoms with Gasteiger partial charge in [-0.2, -0.15) is 13.2 Å². The molecule has 0 saturated heterocycles. The van der Waals surface area contributed by atoms with Gasteiger partial charge in [-0.05, 0) is 41.8 Å². The molecule has 4 nitrogen and oxygen atoms in total. The molecule has 0 aromatic heterocycles. The zero-order valence-corrected chi connectivity index (χ0v) is 15.6. The molecule has 0 heterocycles. The molecule has 0 spiro atoms. The minimum Gasteiger partial charge on any atom is -0.497 e. The maximum absolute atomic E-state index is 13.1. The van der Waals surface area contributed by atoms with Crippen molar-refractivity contribution in [3.05, 3.63) is 65.5 Å². The summed E-state index contributed by atoms with van der Waals surface area (Å²) in [6.45, 7) is -0.443. The first kappa shape index (κ1) is 21.5. The fourth-order valence-electron chi connectivity index (χ4n) is 2.60. The lowest BCUT2D eigenvalue weighted by Crippen LogP contribution is -2.41. The van der Waals surface area contributed by atoms with Crippen LogP contribution in [0.25, 0.3) is 0 Å². The van der Waals surface area contributed by atoms with E-state index in [1.165, 1.54) is 26.3 Å². The molecule has 2 aromatic rings. The van der Waals surface area contributed by atoms with Gasteiger partial charge in [-0.15, -0.1) is 0 Å². The van der Waals surface area contributed by atoms with Gasteiger partial charge in [0.2, 0.25) is 0 Å². The summed E-state index contributed by atoms with van der Waals surface area (Å²) in [5.74, 6) is 0.263. The van der Waals surface area contributed by atoms with Crippen molar-refractivity contribution in [1.29, 1.82) is 0 Å². The summed E-state index contributed by atoms with van der Waals surface area (Å²) in [6.07, 6.45) is -5.06. The van der Waals surface area contributed by atoms with Crippen LogP contribution in [0.1, 0.15) is 23.6 Å². The van der Waals surface area contributed by atoms with Crippen LogP contribution in [-0.4, -0.2) is 37.8 Å². The van der Waals surface area contributed by atoms with E-state index in [0.29, 0.717) is 12.2 Å². The molecule has 1 N–H and O–H groups in total. The Labute approximate surface area is 161 Å². The Bertz CT molecular complexity index is 761. The largest absolute Gasteiger partial charge is 0.497 e. The summed E-state index contributed by atoms with van der Waals surface area (Å²) in [7, 11) is 2.84. The molecule has 28 heavy (non-hydrogen) atoms. The molecule has 152 valence electrons. The summed E-state index contributed by atoms with van der Waals surface area (Å²) in [5.41, 5.74) is 1.53. The van der Waals surface area contributed by atoms with E-state index in [0.717, 1.165) is 16.0 Å². The van der Waals surface area contributed by atoms with Crippen LogP contribution in [0, 0.1) is 5.82 Å². The lowest BCUT2D eigenvalue weighted by molar-refractivity contribution is -0.136. The van der Waals surface area contributed by atoms with Crippen molar-refractivity contribution in [2.45, 2.75) is 25.1 Å². The van der Waals surface area contributed by atoms with Crippen LogP contribution in [-0.2, 0) is 6.42 Å². The van der Waals surface area contributed by atoms with E-state index in [1.807, 2.05) is 0 Å². The summed E-state index contributed by atoms with van der Waals surface area (Å²) in [5, 5.41) is 2.75. The molecule has 2 amide bonds. The summed E-state index contributed by atoms with van der Waals surface area (Å²) < 4.78 is 55.5. The Morgan fingerprint density at radius 3 is 2.25 bits per heavy atom. The number of rotatable bonds is 7. The fraction of sp³-hybridized carbons (Fsp3) is 0.350. The number of urea groups is 1. The van der Waals surface area contributed by atoms with Crippen LogP contribution in [0.4, 0.5) is 22.4 Å². The van der Waals surface area contributed by atoms with Gasteiger partial charge in [0, 0.05) is 13.6 Å². The highest BCUT2D eigenvalue weighted by molar-refractivity contribution is 5.74. The molecule has 0 aliphatic rings. The predicted octanol–water partition coefficient (Wildman–Crippen LogP) is 4.71. The molecule has 0 aliphatic heterocycles. The number of alkyl halides is 3. The number of ether oxygens (including phenoxy) is 1. The molecule has 0 saturated carbocycles. The van der Waals surface area contributed by atoms with Gasteiger partial charge in [0.15, 0.2) is 0 Å². The Morgan fingerprint density at radius 1 is 1.11 bits per heavy atom. The zero-order valence-electron chi connectivity index (χ0n) is 15.6. The van der Waals surface area contributed by atoms with Crippen LogP contribution < -0.4 is 10.1 Å². The van der Waals surface area contributed by atoms with Gasteiger partial charge in [0.05, 0.1) is 19.6 Å². The molecule has 2 rings (SSSR count). The number of amides is 2. The van der Waals surface area contributed by atoms with E-state index in [-0.39, 0.29) is 5.82 Å². The molecule has 8 heteroatoms. The van der Waals surface area contributed by atoms with Crippen molar-refractivity contribution in [2.75, 3.05) is 20.7 Å². The Kier molecular flexibility index (Phi) is 7.25. The van der Waals surface area contributed by atoms with E-state index >= 15 is 0 Å². The van der Waals surface area contributed by atoms with Gasteiger partial charge in [-0.1, -0.05) is 24.3 Å². The molecular weight excluding hydrogens is 376 g/mol. The zero-order chi connectivity index (χ0) is 20.7. The minimum atomic E-state index is -4.34. The van der Waals surface area contributed by atoms with Crippen LogP contribution >= 0.6 is 0 Å². The number of benzene rings is 2. The quantitative estimate of drug-likeness (QED) is 0.687. The number of carbonyl (C=O) groups excluding carboxylic acids is 1. The van der Waals surface area contributed by atoms with Crippen molar-refractivity contribution in [3.63, 3.8) is 0 Å². The van der Waals surface area contributed by atoms with E-state index in [4.69, 9.17) is 4.74 Å². The third-order valence-corrected chi connectivity index (χ3v) is 4.25. The number of carbonyl (C=O) groups is 1. The van der Waals surface area contributed by atoms with Crippen LogP contribution in [0.3, 0.4) is 0 Å². The second-order valence-electron chi connectivity index (χ2n) is 6.39. The van der Waals surface area contributed by atoms with Gasteiger partial charge >= 0.3 is 12.2 Å². The number of hydrogen-bond donors (Lipinski definition) is 1. The van der Waals surface area contributed by atoms with Crippen molar-refractivity contribution in [2.24, 2.45) is 0 Å². The Hall–Kier alpha value is -2.77. The first-order valence-electron chi connectivity index (χ1n) is 8.64. The van der Waals surface area contributed by atoms with E-state index in [2.05, 4.69) is 5.32 Å². The Balaban J connectivity index is 2.14. The standard InChI is InChI=1S/C20H22F4N2O2/c1-26(12-11-20(22,23)24)19(27)25-18(13-14-3-7-16(21)8-4-14)15-5-9-17(28-2)10-6-15/h3-10,18H,11-13H2,1-2H3,(H,25,27). The number of methoxy groups -OCH3 is 1. The average molecular weight is 398 g/mol. The molecular formula is C20H22F4N2O2. The second kappa shape index (κ2) is 9.43. The van der Waals surface area contributed by atoms with Crippen LogP contribution in [0.2, 0.25) is 0 Å². The van der Waals surface area contributed by atoms with Gasteiger partial charge in [-0.3, -0.25) is 0 Å². The van der Waals surface area contributed by atoms with Crippen molar-refractivity contribution in [1.82, 2.24) is 10.2 Å².